The molecule has 0 bridgehead atoms. The van der Waals surface area contributed by atoms with Crippen LogP contribution in [0.3, 0.4) is 0 Å². The van der Waals surface area contributed by atoms with Crippen molar-refractivity contribution in [1.29, 1.82) is 0 Å². The Hall–Kier alpha value is -1.88. The molecule has 0 fully saturated rings. The maximum atomic E-state index is 4.54. The Bertz CT molecular complexity index is 547. The van der Waals surface area contributed by atoms with E-state index in [9.17, 15) is 0 Å². The second-order valence-corrected chi connectivity index (χ2v) is 4.97. The number of hydrogen-bond acceptors (Lipinski definition) is 4. The molecular formula is C15H23N5. The van der Waals surface area contributed by atoms with Gasteiger partial charge >= 0.3 is 0 Å². The molecule has 2 aromatic heterocycles. The second-order valence-electron chi connectivity index (χ2n) is 4.97. The zero-order chi connectivity index (χ0) is 14.5. The normalized spacial score (nSPS) is 10.8. The van der Waals surface area contributed by atoms with Crippen molar-refractivity contribution in [3.63, 3.8) is 0 Å². The van der Waals surface area contributed by atoms with E-state index in [2.05, 4.69) is 41.2 Å². The van der Waals surface area contributed by atoms with Crippen LogP contribution in [-0.4, -0.2) is 28.4 Å². The van der Waals surface area contributed by atoms with Crippen LogP contribution in [0.25, 0.3) is 0 Å². The lowest BCUT2D eigenvalue weighted by molar-refractivity contribution is 0.706. The fourth-order valence-electron chi connectivity index (χ4n) is 2.43. The fourth-order valence-corrected chi connectivity index (χ4v) is 2.43. The van der Waals surface area contributed by atoms with Gasteiger partial charge in [-0.1, -0.05) is 13.0 Å². The molecule has 0 aromatic carbocycles. The number of rotatable bonds is 6. The number of anilines is 1. The Morgan fingerprint density at radius 2 is 2.15 bits per heavy atom. The maximum Gasteiger partial charge on any atom is 0.131 e. The highest BCUT2D eigenvalue weighted by Crippen LogP contribution is 2.23. The molecule has 0 amide bonds. The van der Waals surface area contributed by atoms with Crippen LogP contribution in [0.15, 0.2) is 24.4 Å². The first-order valence-corrected chi connectivity index (χ1v) is 6.97. The summed E-state index contributed by atoms with van der Waals surface area (Å²) in [5.41, 5.74) is 3.40. The van der Waals surface area contributed by atoms with Crippen LogP contribution in [0.5, 0.6) is 0 Å². The summed E-state index contributed by atoms with van der Waals surface area (Å²) in [6, 6.07) is 6.00. The van der Waals surface area contributed by atoms with Gasteiger partial charge in [-0.2, -0.15) is 5.10 Å². The van der Waals surface area contributed by atoms with Gasteiger partial charge in [0, 0.05) is 32.4 Å². The van der Waals surface area contributed by atoms with Crippen molar-refractivity contribution in [1.82, 2.24) is 20.1 Å². The zero-order valence-electron chi connectivity index (χ0n) is 12.7. The van der Waals surface area contributed by atoms with Crippen molar-refractivity contribution in [2.75, 3.05) is 18.5 Å². The SMILES string of the molecule is CCNCc1c(C)nn(C)c1N(C)Cc1ccccn1. The van der Waals surface area contributed by atoms with E-state index in [1.54, 1.807) is 0 Å². The minimum absolute atomic E-state index is 0.777. The number of aromatic nitrogens is 3. The van der Waals surface area contributed by atoms with Gasteiger partial charge in [0.1, 0.15) is 5.82 Å². The van der Waals surface area contributed by atoms with Crippen molar-refractivity contribution >= 4 is 5.82 Å². The second kappa shape index (κ2) is 6.52. The number of hydrogen-bond donors (Lipinski definition) is 1. The molecule has 0 spiro atoms. The van der Waals surface area contributed by atoms with E-state index in [0.29, 0.717) is 0 Å². The summed E-state index contributed by atoms with van der Waals surface area (Å²) in [6.45, 7) is 6.75. The molecule has 0 unspecified atom stereocenters. The Morgan fingerprint density at radius 1 is 1.35 bits per heavy atom. The van der Waals surface area contributed by atoms with Gasteiger partial charge in [-0.3, -0.25) is 9.67 Å². The van der Waals surface area contributed by atoms with Crippen molar-refractivity contribution < 1.29 is 0 Å². The summed E-state index contributed by atoms with van der Waals surface area (Å²) in [7, 11) is 4.08. The van der Waals surface area contributed by atoms with Crippen molar-refractivity contribution in [2.24, 2.45) is 7.05 Å². The van der Waals surface area contributed by atoms with Crippen LogP contribution in [0.2, 0.25) is 0 Å². The lowest BCUT2D eigenvalue weighted by Gasteiger charge is -2.21. The molecule has 2 rings (SSSR count). The van der Waals surface area contributed by atoms with E-state index >= 15 is 0 Å². The number of aryl methyl sites for hydroxylation is 2. The van der Waals surface area contributed by atoms with Crippen molar-refractivity contribution in [2.45, 2.75) is 26.9 Å². The molecular weight excluding hydrogens is 250 g/mol. The molecule has 20 heavy (non-hydrogen) atoms. The summed E-state index contributed by atoms with van der Waals surface area (Å²) in [5, 5.41) is 7.92. The van der Waals surface area contributed by atoms with Gasteiger partial charge in [-0.05, 0) is 25.6 Å². The predicted octanol–water partition coefficient (Wildman–Crippen LogP) is 1.87. The highest BCUT2D eigenvalue weighted by Gasteiger charge is 2.16. The first kappa shape index (κ1) is 14.5. The van der Waals surface area contributed by atoms with Gasteiger partial charge in [0.15, 0.2) is 0 Å². The first-order valence-electron chi connectivity index (χ1n) is 6.97. The van der Waals surface area contributed by atoms with Crippen molar-refractivity contribution in [3.05, 3.63) is 41.3 Å². The average molecular weight is 273 g/mol. The van der Waals surface area contributed by atoms with E-state index in [1.165, 1.54) is 5.56 Å². The molecule has 5 nitrogen and oxygen atoms in total. The van der Waals surface area contributed by atoms with Crippen LogP contribution >= 0.6 is 0 Å². The van der Waals surface area contributed by atoms with Gasteiger partial charge in [-0.25, -0.2) is 0 Å². The van der Waals surface area contributed by atoms with Gasteiger partial charge in [0.25, 0.3) is 0 Å². The molecule has 1 N–H and O–H groups in total. The zero-order valence-corrected chi connectivity index (χ0v) is 12.7. The third-order valence-electron chi connectivity index (χ3n) is 3.35. The van der Waals surface area contributed by atoms with Gasteiger partial charge in [-0.15, -0.1) is 0 Å². The predicted molar refractivity (Wildman–Crippen MR) is 81.7 cm³/mol. The lowest BCUT2D eigenvalue weighted by atomic mass is 10.2. The van der Waals surface area contributed by atoms with E-state index in [-0.39, 0.29) is 0 Å². The number of nitrogens with one attached hydrogen (secondary N) is 1. The molecule has 0 radical (unpaired) electrons. The lowest BCUT2D eigenvalue weighted by Crippen LogP contribution is -2.23. The summed E-state index contributed by atoms with van der Waals surface area (Å²) < 4.78 is 1.95. The summed E-state index contributed by atoms with van der Waals surface area (Å²) >= 11 is 0. The van der Waals surface area contributed by atoms with Crippen LogP contribution < -0.4 is 10.2 Å². The number of pyridine rings is 1. The van der Waals surface area contributed by atoms with Crippen LogP contribution in [0.1, 0.15) is 23.9 Å². The highest BCUT2D eigenvalue weighted by molar-refractivity contribution is 5.49. The van der Waals surface area contributed by atoms with Crippen LogP contribution in [0, 0.1) is 6.92 Å². The minimum atomic E-state index is 0.777. The average Bonchev–Trinajstić information content (AvgIpc) is 2.71. The molecule has 0 aliphatic heterocycles. The number of nitrogens with zero attached hydrogens (tertiary/aromatic N) is 4. The smallest absolute Gasteiger partial charge is 0.131 e. The van der Waals surface area contributed by atoms with Gasteiger partial charge < -0.3 is 10.2 Å². The standard InChI is InChI=1S/C15H23N5/c1-5-16-10-14-12(2)18-20(4)15(14)19(3)11-13-8-6-7-9-17-13/h6-9,16H,5,10-11H2,1-4H3. The van der Waals surface area contributed by atoms with E-state index in [4.69, 9.17) is 0 Å². The van der Waals surface area contributed by atoms with Gasteiger partial charge in [0.05, 0.1) is 17.9 Å². The minimum Gasteiger partial charge on any atom is -0.354 e. The summed E-state index contributed by atoms with van der Waals surface area (Å²) in [4.78, 5) is 6.59. The molecule has 0 saturated carbocycles. The molecule has 2 heterocycles. The summed E-state index contributed by atoms with van der Waals surface area (Å²) in [5.74, 6) is 1.15. The van der Waals surface area contributed by atoms with Crippen LogP contribution in [0.4, 0.5) is 5.82 Å². The van der Waals surface area contributed by atoms with Crippen molar-refractivity contribution in [3.8, 4) is 0 Å². The molecule has 0 saturated heterocycles. The van der Waals surface area contributed by atoms with Gasteiger partial charge in [0.2, 0.25) is 0 Å². The Morgan fingerprint density at radius 3 is 2.80 bits per heavy atom. The van der Waals surface area contributed by atoms with E-state index < -0.39 is 0 Å². The quantitative estimate of drug-likeness (QED) is 0.873. The third kappa shape index (κ3) is 3.17. The highest BCUT2D eigenvalue weighted by atomic mass is 15.4. The van der Waals surface area contributed by atoms with E-state index in [1.807, 2.05) is 36.1 Å². The fraction of sp³-hybridized carbons (Fsp3) is 0.467. The Kier molecular flexibility index (Phi) is 4.74. The monoisotopic (exact) mass is 273 g/mol. The first-order chi connectivity index (χ1) is 9.63. The molecule has 5 heteroatoms. The molecule has 0 aliphatic carbocycles. The Balaban J connectivity index is 2.22. The molecule has 0 atom stereocenters. The third-order valence-corrected chi connectivity index (χ3v) is 3.35. The van der Waals surface area contributed by atoms with E-state index in [0.717, 1.165) is 36.8 Å². The largest absolute Gasteiger partial charge is 0.354 e. The molecule has 2 aromatic rings. The molecule has 108 valence electrons. The topological polar surface area (TPSA) is 46.0 Å². The van der Waals surface area contributed by atoms with Crippen LogP contribution in [-0.2, 0) is 20.1 Å². The maximum absolute atomic E-state index is 4.54. The summed E-state index contributed by atoms with van der Waals surface area (Å²) in [6.07, 6.45) is 1.83. The Labute approximate surface area is 120 Å². The molecule has 0 aliphatic rings.